The second kappa shape index (κ2) is 6.69. The zero-order chi connectivity index (χ0) is 14.5. The summed E-state index contributed by atoms with van der Waals surface area (Å²) in [5, 5.41) is 22.5. The second-order valence-electron chi connectivity index (χ2n) is 5.06. The van der Waals surface area contributed by atoms with Gasteiger partial charge < -0.3 is 10.4 Å². The first-order valence-electron chi connectivity index (χ1n) is 7.05. The van der Waals surface area contributed by atoms with Crippen molar-refractivity contribution < 1.29 is 9.50 Å². The van der Waals surface area contributed by atoms with Crippen LogP contribution in [0.5, 0.6) is 5.75 Å². The van der Waals surface area contributed by atoms with Crippen molar-refractivity contribution in [3.8, 4) is 11.8 Å². The Kier molecular flexibility index (Phi) is 4.94. The molecule has 2 rings (SSSR count). The van der Waals surface area contributed by atoms with E-state index in [1.165, 1.54) is 6.07 Å². The molecule has 4 nitrogen and oxygen atoms in total. The topological polar surface area (TPSA) is 59.3 Å². The van der Waals surface area contributed by atoms with E-state index >= 15 is 0 Å². The molecule has 1 saturated heterocycles. The molecule has 1 fully saturated rings. The quantitative estimate of drug-likeness (QED) is 0.885. The second-order valence-corrected chi connectivity index (χ2v) is 5.06. The number of halogens is 1. The SMILES string of the molecule is CCC[C@@H](c1ccc(F)c(C#N)c1O)N1CCNCC1. The summed E-state index contributed by atoms with van der Waals surface area (Å²) in [6.07, 6.45) is 1.84. The first kappa shape index (κ1) is 14.8. The third kappa shape index (κ3) is 2.92. The van der Waals surface area contributed by atoms with E-state index in [9.17, 15) is 9.50 Å². The van der Waals surface area contributed by atoms with Crippen LogP contribution in [-0.2, 0) is 0 Å². The Morgan fingerprint density at radius 3 is 2.75 bits per heavy atom. The average molecular weight is 277 g/mol. The molecule has 0 unspecified atom stereocenters. The number of hydrogen-bond donors (Lipinski definition) is 2. The largest absolute Gasteiger partial charge is 0.506 e. The Labute approximate surface area is 118 Å². The number of phenolic OH excluding ortho intramolecular Hbond substituents is 1. The van der Waals surface area contributed by atoms with E-state index in [0.29, 0.717) is 5.56 Å². The van der Waals surface area contributed by atoms with Gasteiger partial charge in [-0.25, -0.2) is 4.39 Å². The number of nitrogens with one attached hydrogen (secondary N) is 1. The molecule has 1 aromatic rings. The summed E-state index contributed by atoms with van der Waals surface area (Å²) in [6, 6.07) is 4.67. The van der Waals surface area contributed by atoms with Crippen molar-refractivity contribution in [1.29, 1.82) is 5.26 Å². The summed E-state index contributed by atoms with van der Waals surface area (Å²) in [5.41, 5.74) is 0.408. The van der Waals surface area contributed by atoms with Crippen molar-refractivity contribution in [2.75, 3.05) is 26.2 Å². The van der Waals surface area contributed by atoms with Gasteiger partial charge in [-0.2, -0.15) is 5.26 Å². The lowest BCUT2D eigenvalue weighted by Crippen LogP contribution is -2.45. The molecule has 0 spiro atoms. The minimum Gasteiger partial charge on any atom is -0.506 e. The van der Waals surface area contributed by atoms with Crippen LogP contribution in [0.25, 0.3) is 0 Å². The number of nitrogens with zero attached hydrogens (tertiary/aromatic N) is 2. The Morgan fingerprint density at radius 2 is 2.15 bits per heavy atom. The van der Waals surface area contributed by atoms with Gasteiger partial charge in [0.1, 0.15) is 23.2 Å². The summed E-state index contributed by atoms with van der Waals surface area (Å²) in [5.74, 6) is -0.867. The fourth-order valence-electron chi connectivity index (χ4n) is 2.76. The van der Waals surface area contributed by atoms with Crippen molar-refractivity contribution in [3.63, 3.8) is 0 Å². The molecule has 2 N–H and O–H groups in total. The average Bonchev–Trinajstić information content (AvgIpc) is 2.47. The van der Waals surface area contributed by atoms with Crippen LogP contribution in [0, 0.1) is 17.1 Å². The van der Waals surface area contributed by atoms with Crippen LogP contribution in [0.4, 0.5) is 4.39 Å². The highest BCUT2D eigenvalue weighted by molar-refractivity contribution is 5.49. The fourth-order valence-corrected chi connectivity index (χ4v) is 2.76. The van der Waals surface area contributed by atoms with Gasteiger partial charge in [0.2, 0.25) is 0 Å². The number of rotatable bonds is 4. The molecule has 20 heavy (non-hydrogen) atoms. The van der Waals surface area contributed by atoms with Gasteiger partial charge in [0.25, 0.3) is 0 Å². The van der Waals surface area contributed by atoms with Crippen LogP contribution in [0.15, 0.2) is 12.1 Å². The molecular weight excluding hydrogens is 257 g/mol. The smallest absolute Gasteiger partial charge is 0.144 e. The zero-order valence-electron chi connectivity index (χ0n) is 11.7. The maximum Gasteiger partial charge on any atom is 0.144 e. The molecular formula is C15H20FN3O. The standard InChI is InChI=1S/C15H20FN3O/c1-2-3-14(19-8-6-18-7-9-19)11-4-5-13(16)12(10-17)15(11)20/h4-5,14,18,20H,2-3,6-9H2,1H3/t14-/m0/s1. The van der Waals surface area contributed by atoms with Crippen molar-refractivity contribution >= 4 is 0 Å². The number of aromatic hydroxyl groups is 1. The lowest BCUT2D eigenvalue weighted by atomic mass is 9.96. The Bertz CT molecular complexity index is 507. The first-order chi connectivity index (χ1) is 9.69. The number of piperazine rings is 1. The molecule has 0 radical (unpaired) electrons. The summed E-state index contributed by atoms with van der Waals surface area (Å²) in [4.78, 5) is 2.29. The Hall–Kier alpha value is -1.64. The van der Waals surface area contributed by atoms with Crippen molar-refractivity contribution in [1.82, 2.24) is 10.2 Å². The lowest BCUT2D eigenvalue weighted by Gasteiger charge is -2.35. The molecule has 1 aliphatic rings. The maximum atomic E-state index is 13.5. The first-order valence-corrected chi connectivity index (χ1v) is 7.05. The van der Waals surface area contributed by atoms with Gasteiger partial charge in [-0.1, -0.05) is 19.4 Å². The van der Waals surface area contributed by atoms with E-state index in [4.69, 9.17) is 5.26 Å². The number of nitriles is 1. The number of benzene rings is 1. The maximum absolute atomic E-state index is 13.5. The predicted molar refractivity (Wildman–Crippen MR) is 74.9 cm³/mol. The van der Waals surface area contributed by atoms with Crippen LogP contribution >= 0.6 is 0 Å². The van der Waals surface area contributed by atoms with Crippen LogP contribution in [0.1, 0.15) is 36.9 Å². The Balaban J connectivity index is 2.36. The molecule has 0 aromatic heterocycles. The lowest BCUT2D eigenvalue weighted by molar-refractivity contribution is 0.162. The van der Waals surface area contributed by atoms with Gasteiger partial charge in [0.15, 0.2) is 0 Å². The van der Waals surface area contributed by atoms with Gasteiger partial charge in [0, 0.05) is 37.8 Å². The van der Waals surface area contributed by atoms with Gasteiger partial charge in [0.05, 0.1) is 0 Å². The minimum absolute atomic E-state index is 0.0369. The molecule has 0 aliphatic carbocycles. The van der Waals surface area contributed by atoms with Crippen LogP contribution in [0.3, 0.4) is 0 Å². The van der Waals surface area contributed by atoms with Crippen molar-refractivity contribution in [3.05, 3.63) is 29.1 Å². The summed E-state index contributed by atoms with van der Waals surface area (Å²) in [6.45, 7) is 5.69. The highest BCUT2D eigenvalue weighted by Gasteiger charge is 2.25. The zero-order valence-corrected chi connectivity index (χ0v) is 11.7. The van der Waals surface area contributed by atoms with E-state index < -0.39 is 5.82 Å². The molecule has 0 amide bonds. The van der Waals surface area contributed by atoms with Crippen LogP contribution in [-0.4, -0.2) is 36.2 Å². The van der Waals surface area contributed by atoms with E-state index in [-0.39, 0.29) is 17.4 Å². The molecule has 1 atom stereocenters. The third-order valence-electron chi connectivity index (χ3n) is 3.78. The third-order valence-corrected chi connectivity index (χ3v) is 3.78. The van der Waals surface area contributed by atoms with E-state index in [2.05, 4.69) is 17.1 Å². The van der Waals surface area contributed by atoms with Gasteiger partial charge in [-0.15, -0.1) is 0 Å². The predicted octanol–water partition coefficient (Wildman–Crippen LogP) is 2.15. The van der Waals surface area contributed by atoms with Crippen LogP contribution in [0.2, 0.25) is 0 Å². The molecule has 1 aromatic carbocycles. The van der Waals surface area contributed by atoms with Gasteiger partial charge >= 0.3 is 0 Å². The highest BCUT2D eigenvalue weighted by Crippen LogP contribution is 2.35. The van der Waals surface area contributed by atoms with E-state index in [0.717, 1.165) is 39.0 Å². The van der Waals surface area contributed by atoms with Gasteiger partial charge in [-0.3, -0.25) is 4.90 Å². The van der Waals surface area contributed by atoms with Crippen molar-refractivity contribution in [2.24, 2.45) is 0 Å². The Morgan fingerprint density at radius 1 is 1.45 bits per heavy atom. The number of hydrogen-bond acceptors (Lipinski definition) is 4. The molecule has 0 bridgehead atoms. The molecule has 1 aliphatic heterocycles. The summed E-state index contributed by atoms with van der Waals surface area (Å²) in [7, 11) is 0. The molecule has 0 saturated carbocycles. The summed E-state index contributed by atoms with van der Waals surface area (Å²) < 4.78 is 13.5. The fraction of sp³-hybridized carbons (Fsp3) is 0.533. The monoisotopic (exact) mass is 277 g/mol. The van der Waals surface area contributed by atoms with Crippen LogP contribution < -0.4 is 5.32 Å². The number of phenols is 1. The molecule has 5 heteroatoms. The molecule has 1 heterocycles. The van der Waals surface area contributed by atoms with Crippen molar-refractivity contribution in [2.45, 2.75) is 25.8 Å². The summed E-state index contributed by atoms with van der Waals surface area (Å²) >= 11 is 0. The van der Waals surface area contributed by atoms with Gasteiger partial charge in [-0.05, 0) is 12.5 Å². The van der Waals surface area contributed by atoms with E-state index in [1.807, 2.05) is 0 Å². The van der Waals surface area contributed by atoms with E-state index in [1.54, 1.807) is 12.1 Å². The highest BCUT2D eigenvalue weighted by atomic mass is 19.1. The normalized spacial score (nSPS) is 17.6. The molecule has 108 valence electrons. The minimum atomic E-state index is -0.663.